The molecule has 1 heterocycles. The molecule has 0 spiro atoms. The number of nitrogens with one attached hydrogen (secondary N) is 1. The molecule has 1 aromatic heterocycles. The lowest BCUT2D eigenvalue weighted by atomic mass is 10.1. The highest BCUT2D eigenvalue weighted by Crippen LogP contribution is 2.22. The number of benzene rings is 1. The van der Waals surface area contributed by atoms with Crippen molar-refractivity contribution in [3.05, 3.63) is 47.2 Å². The maximum Gasteiger partial charge on any atom is 0.180 e. The summed E-state index contributed by atoms with van der Waals surface area (Å²) in [4.78, 5) is 3.89. The molecule has 1 N–H and O–H groups in total. The molecule has 3 heteroatoms. The number of rotatable bonds is 3. The van der Waals surface area contributed by atoms with E-state index in [1.54, 1.807) is 6.20 Å². The largest absolute Gasteiger partial charge is 0.447 e. The molecule has 0 fully saturated rings. The molecule has 2 rings (SSSR count). The third-order valence-corrected chi connectivity index (χ3v) is 2.60. The number of aromatic nitrogens is 1. The van der Waals surface area contributed by atoms with Crippen LogP contribution in [0.2, 0.25) is 0 Å². The van der Waals surface area contributed by atoms with Gasteiger partial charge in [-0.3, -0.25) is 0 Å². The van der Waals surface area contributed by atoms with Gasteiger partial charge in [0.1, 0.15) is 5.76 Å². The average molecular weight is 216 g/mol. The van der Waals surface area contributed by atoms with Crippen molar-refractivity contribution in [2.45, 2.75) is 27.3 Å². The van der Waals surface area contributed by atoms with Gasteiger partial charge in [-0.05, 0) is 31.9 Å². The van der Waals surface area contributed by atoms with Gasteiger partial charge in [0, 0.05) is 5.69 Å². The number of anilines is 1. The lowest BCUT2D eigenvalue weighted by Gasteiger charge is -2.12. The van der Waals surface area contributed by atoms with Crippen LogP contribution in [0.5, 0.6) is 0 Å². The Bertz CT molecular complexity index is 452. The highest BCUT2D eigenvalue weighted by Gasteiger charge is 2.04. The molecule has 1 aromatic carbocycles. The quantitative estimate of drug-likeness (QED) is 0.856. The Hall–Kier alpha value is -1.77. The monoisotopic (exact) mass is 216 g/mol. The minimum absolute atomic E-state index is 0.671. The highest BCUT2D eigenvalue weighted by atomic mass is 16.3. The Morgan fingerprint density at radius 3 is 2.44 bits per heavy atom. The number of hydrogen-bond acceptors (Lipinski definition) is 3. The molecule has 0 aliphatic heterocycles. The van der Waals surface area contributed by atoms with Gasteiger partial charge < -0.3 is 9.73 Å². The topological polar surface area (TPSA) is 38.1 Å². The second-order valence-electron chi connectivity index (χ2n) is 4.10. The zero-order valence-corrected chi connectivity index (χ0v) is 9.87. The van der Waals surface area contributed by atoms with Crippen molar-refractivity contribution in [3.8, 4) is 0 Å². The summed E-state index contributed by atoms with van der Waals surface area (Å²) in [5.41, 5.74) is 5.00. The van der Waals surface area contributed by atoms with Crippen molar-refractivity contribution in [1.29, 1.82) is 0 Å². The van der Waals surface area contributed by atoms with Crippen LogP contribution >= 0.6 is 0 Å². The zero-order chi connectivity index (χ0) is 11.5. The molecule has 0 saturated heterocycles. The van der Waals surface area contributed by atoms with E-state index in [0.717, 1.165) is 5.76 Å². The summed E-state index contributed by atoms with van der Waals surface area (Å²) in [6, 6.07) is 4.35. The average Bonchev–Trinajstić information content (AvgIpc) is 2.68. The molecule has 16 heavy (non-hydrogen) atoms. The fraction of sp³-hybridized carbons (Fsp3) is 0.308. The molecular formula is C13H16N2O. The molecule has 2 aromatic rings. The van der Waals surface area contributed by atoms with Crippen LogP contribution in [0.4, 0.5) is 5.69 Å². The molecule has 0 unspecified atom stereocenters. The first-order valence-corrected chi connectivity index (χ1v) is 5.36. The Labute approximate surface area is 95.5 Å². The van der Waals surface area contributed by atoms with Crippen molar-refractivity contribution in [1.82, 2.24) is 4.98 Å². The number of aryl methyl sites for hydroxylation is 3. The van der Waals surface area contributed by atoms with E-state index in [2.05, 4.69) is 43.2 Å². The van der Waals surface area contributed by atoms with Gasteiger partial charge >= 0.3 is 0 Å². The normalized spacial score (nSPS) is 10.4. The van der Waals surface area contributed by atoms with E-state index >= 15 is 0 Å². The fourth-order valence-electron chi connectivity index (χ4n) is 1.96. The summed E-state index contributed by atoms with van der Waals surface area (Å²) >= 11 is 0. The molecule has 0 aliphatic rings. The molecule has 0 bridgehead atoms. The van der Waals surface area contributed by atoms with Gasteiger partial charge in [0.25, 0.3) is 0 Å². The van der Waals surface area contributed by atoms with Gasteiger partial charge in [0.15, 0.2) is 6.39 Å². The Balaban J connectivity index is 2.15. The summed E-state index contributed by atoms with van der Waals surface area (Å²) in [5, 5.41) is 3.38. The molecule has 0 amide bonds. The second kappa shape index (κ2) is 4.39. The van der Waals surface area contributed by atoms with Crippen molar-refractivity contribution < 1.29 is 4.42 Å². The van der Waals surface area contributed by atoms with Gasteiger partial charge in [-0.1, -0.05) is 17.7 Å². The van der Waals surface area contributed by atoms with E-state index in [1.165, 1.54) is 28.8 Å². The lowest BCUT2D eigenvalue weighted by Crippen LogP contribution is -2.02. The Kier molecular flexibility index (Phi) is 2.95. The maximum atomic E-state index is 5.19. The third-order valence-electron chi connectivity index (χ3n) is 2.60. The van der Waals surface area contributed by atoms with E-state index in [4.69, 9.17) is 4.42 Å². The molecule has 3 nitrogen and oxygen atoms in total. The van der Waals surface area contributed by atoms with E-state index in [-0.39, 0.29) is 0 Å². The zero-order valence-electron chi connectivity index (χ0n) is 9.87. The van der Waals surface area contributed by atoms with Crippen LogP contribution in [0.25, 0.3) is 0 Å². The highest BCUT2D eigenvalue weighted by molar-refractivity contribution is 5.58. The Morgan fingerprint density at radius 2 is 1.88 bits per heavy atom. The van der Waals surface area contributed by atoms with Gasteiger partial charge in [-0.2, -0.15) is 0 Å². The van der Waals surface area contributed by atoms with Crippen molar-refractivity contribution in [2.75, 3.05) is 5.32 Å². The standard InChI is InChI=1S/C13H16N2O/c1-9-4-10(2)13(11(3)5-9)15-7-12-6-14-8-16-12/h4-6,8,15H,7H2,1-3H3. The number of oxazole rings is 1. The van der Waals surface area contributed by atoms with Crippen LogP contribution in [0, 0.1) is 20.8 Å². The molecule has 0 saturated carbocycles. The lowest BCUT2D eigenvalue weighted by molar-refractivity contribution is 0.511. The predicted molar refractivity (Wildman–Crippen MR) is 64.5 cm³/mol. The van der Waals surface area contributed by atoms with Gasteiger partial charge in [0.2, 0.25) is 0 Å². The van der Waals surface area contributed by atoms with Crippen molar-refractivity contribution >= 4 is 5.69 Å². The fourth-order valence-corrected chi connectivity index (χ4v) is 1.96. The summed E-state index contributed by atoms with van der Waals surface area (Å²) < 4.78 is 5.19. The van der Waals surface area contributed by atoms with Crippen molar-refractivity contribution in [3.63, 3.8) is 0 Å². The first kappa shape index (κ1) is 10.7. The van der Waals surface area contributed by atoms with E-state index in [1.807, 2.05) is 0 Å². The van der Waals surface area contributed by atoms with Crippen molar-refractivity contribution in [2.24, 2.45) is 0 Å². The number of hydrogen-bond donors (Lipinski definition) is 1. The van der Waals surface area contributed by atoms with E-state index < -0.39 is 0 Å². The van der Waals surface area contributed by atoms with Crippen LogP contribution in [0.15, 0.2) is 29.1 Å². The first-order valence-electron chi connectivity index (χ1n) is 5.36. The number of nitrogens with zero attached hydrogens (tertiary/aromatic N) is 1. The summed E-state index contributed by atoms with van der Waals surface area (Å²) in [7, 11) is 0. The van der Waals surface area contributed by atoms with Crippen LogP contribution in [-0.2, 0) is 6.54 Å². The molecule has 0 atom stereocenters. The maximum absolute atomic E-state index is 5.19. The van der Waals surface area contributed by atoms with Crippen LogP contribution in [0.1, 0.15) is 22.5 Å². The molecule has 84 valence electrons. The third kappa shape index (κ3) is 2.24. The van der Waals surface area contributed by atoms with E-state index in [9.17, 15) is 0 Å². The molecule has 0 aliphatic carbocycles. The van der Waals surface area contributed by atoms with Crippen LogP contribution in [-0.4, -0.2) is 4.98 Å². The van der Waals surface area contributed by atoms with Crippen LogP contribution in [0.3, 0.4) is 0 Å². The molecule has 0 radical (unpaired) electrons. The van der Waals surface area contributed by atoms with E-state index in [0.29, 0.717) is 6.54 Å². The Morgan fingerprint density at radius 1 is 1.19 bits per heavy atom. The summed E-state index contributed by atoms with van der Waals surface area (Å²) in [6.45, 7) is 7.01. The molecular weight excluding hydrogens is 200 g/mol. The van der Waals surface area contributed by atoms with Gasteiger partial charge in [0.05, 0.1) is 12.7 Å². The minimum atomic E-state index is 0.671. The van der Waals surface area contributed by atoms with Gasteiger partial charge in [-0.15, -0.1) is 0 Å². The second-order valence-corrected chi connectivity index (χ2v) is 4.10. The first-order chi connectivity index (χ1) is 7.66. The predicted octanol–water partition coefficient (Wildman–Crippen LogP) is 3.21. The minimum Gasteiger partial charge on any atom is -0.447 e. The SMILES string of the molecule is Cc1cc(C)c(NCc2cnco2)c(C)c1. The van der Waals surface area contributed by atoms with Crippen LogP contribution < -0.4 is 5.32 Å². The summed E-state index contributed by atoms with van der Waals surface area (Å²) in [6.07, 6.45) is 3.18. The van der Waals surface area contributed by atoms with Gasteiger partial charge in [-0.25, -0.2) is 4.98 Å². The smallest absolute Gasteiger partial charge is 0.180 e. The summed E-state index contributed by atoms with van der Waals surface area (Å²) in [5.74, 6) is 0.847.